The minimum Gasteiger partial charge on any atom is -0.383 e. The summed E-state index contributed by atoms with van der Waals surface area (Å²) in [6, 6.07) is 6.27. The molecule has 0 aliphatic rings. The monoisotopic (exact) mass is 355 g/mol. The number of nitrogens with zero attached hydrogens (tertiary/aromatic N) is 2. The Morgan fingerprint density at radius 1 is 1.30 bits per heavy atom. The first-order chi connectivity index (χ1) is 9.70. The molecule has 0 unspecified atom stereocenters. The van der Waals surface area contributed by atoms with Crippen LogP contribution in [0.4, 0.5) is 0 Å². The highest BCUT2D eigenvalue weighted by Crippen LogP contribution is 2.27. The summed E-state index contributed by atoms with van der Waals surface area (Å²) >= 11 is 5.20. The zero-order valence-corrected chi connectivity index (χ0v) is 14.1. The number of rotatable bonds is 7. The van der Waals surface area contributed by atoms with Gasteiger partial charge in [-0.05, 0) is 18.6 Å². The minimum absolute atomic E-state index is 0.735. The number of aryl methyl sites for hydroxylation is 1. The second kappa shape index (κ2) is 7.83. The molecule has 0 radical (unpaired) electrons. The van der Waals surface area contributed by atoms with Crippen molar-refractivity contribution in [2.45, 2.75) is 13.3 Å². The fourth-order valence-electron chi connectivity index (χ4n) is 1.69. The minimum atomic E-state index is 0.735. The first kappa shape index (κ1) is 15.6. The molecule has 0 bridgehead atoms. The van der Waals surface area contributed by atoms with E-state index >= 15 is 0 Å². The van der Waals surface area contributed by atoms with Gasteiger partial charge in [-0.15, -0.1) is 10.2 Å². The Balaban J connectivity index is 1.93. The van der Waals surface area contributed by atoms with Gasteiger partial charge in [0.1, 0.15) is 10.0 Å². The molecule has 108 valence electrons. The molecule has 2 rings (SSSR count). The van der Waals surface area contributed by atoms with Crippen LogP contribution < -0.4 is 5.32 Å². The summed E-state index contributed by atoms with van der Waals surface area (Å²) in [6.45, 7) is 4.58. The van der Waals surface area contributed by atoms with Crippen molar-refractivity contribution in [1.82, 2.24) is 15.5 Å². The molecule has 0 spiro atoms. The predicted octanol–water partition coefficient (Wildman–Crippen LogP) is 3.05. The van der Waals surface area contributed by atoms with Gasteiger partial charge in [-0.1, -0.05) is 39.4 Å². The Morgan fingerprint density at radius 3 is 2.90 bits per heavy atom. The van der Waals surface area contributed by atoms with Gasteiger partial charge in [0.15, 0.2) is 0 Å². The molecule has 0 aliphatic carbocycles. The van der Waals surface area contributed by atoms with Crippen molar-refractivity contribution in [2.24, 2.45) is 0 Å². The summed E-state index contributed by atoms with van der Waals surface area (Å²) < 4.78 is 6.09. The lowest BCUT2D eigenvalue weighted by molar-refractivity contribution is 0.199. The second-order valence-electron chi connectivity index (χ2n) is 4.46. The van der Waals surface area contributed by atoms with E-state index in [1.54, 1.807) is 18.4 Å². The van der Waals surface area contributed by atoms with Gasteiger partial charge in [-0.25, -0.2) is 0 Å². The Labute approximate surface area is 131 Å². The molecular weight excluding hydrogens is 338 g/mol. The molecule has 4 nitrogen and oxygen atoms in total. The molecule has 0 saturated carbocycles. The topological polar surface area (TPSA) is 47.0 Å². The zero-order valence-electron chi connectivity index (χ0n) is 11.6. The van der Waals surface area contributed by atoms with E-state index in [0.29, 0.717) is 0 Å². The lowest BCUT2D eigenvalue weighted by atomic mass is 10.2. The number of methoxy groups -OCH3 is 1. The standard InChI is InChI=1S/C14H18BrN3OS/c1-10-3-4-11(9-12(10)15)14-18-17-13(20-14)5-6-16-7-8-19-2/h3-4,9,16H,5-8H2,1-2H3. The van der Waals surface area contributed by atoms with E-state index in [2.05, 4.69) is 56.6 Å². The van der Waals surface area contributed by atoms with Crippen LogP contribution >= 0.6 is 27.3 Å². The van der Waals surface area contributed by atoms with E-state index in [-0.39, 0.29) is 0 Å². The van der Waals surface area contributed by atoms with Crippen molar-refractivity contribution >= 4 is 27.3 Å². The van der Waals surface area contributed by atoms with Crippen molar-refractivity contribution in [3.8, 4) is 10.6 Å². The van der Waals surface area contributed by atoms with Crippen molar-refractivity contribution in [3.63, 3.8) is 0 Å². The third-order valence-electron chi connectivity index (χ3n) is 2.88. The second-order valence-corrected chi connectivity index (χ2v) is 6.37. The number of nitrogens with one attached hydrogen (secondary N) is 1. The maximum atomic E-state index is 4.98. The smallest absolute Gasteiger partial charge is 0.147 e. The fourth-order valence-corrected chi connectivity index (χ4v) is 2.91. The van der Waals surface area contributed by atoms with Gasteiger partial charge in [-0.2, -0.15) is 0 Å². The number of hydrogen-bond donors (Lipinski definition) is 1. The molecule has 1 heterocycles. The Kier molecular flexibility index (Phi) is 6.09. The van der Waals surface area contributed by atoms with Gasteiger partial charge in [0, 0.05) is 36.7 Å². The average molecular weight is 356 g/mol. The first-order valence-corrected chi connectivity index (χ1v) is 8.10. The third-order valence-corrected chi connectivity index (χ3v) is 4.77. The quantitative estimate of drug-likeness (QED) is 0.775. The fraction of sp³-hybridized carbons (Fsp3) is 0.429. The van der Waals surface area contributed by atoms with Crippen LogP contribution in [0, 0.1) is 6.92 Å². The summed E-state index contributed by atoms with van der Waals surface area (Å²) in [7, 11) is 1.71. The molecular formula is C14H18BrN3OS. The molecule has 1 N–H and O–H groups in total. The maximum absolute atomic E-state index is 4.98. The van der Waals surface area contributed by atoms with E-state index in [0.717, 1.165) is 46.2 Å². The summed E-state index contributed by atoms with van der Waals surface area (Å²) in [5.41, 5.74) is 2.33. The zero-order chi connectivity index (χ0) is 14.4. The Hall–Kier alpha value is -0.820. The van der Waals surface area contributed by atoms with Crippen LogP contribution in [-0.2, 0) is 11.2 Å². The Bertz CT molecular complexity index is 559. The van der Waals surface area contributed by atoms with E-state index in [9.17, 15) is 0 Å². The van der Waals surface area contributed by atoms with Gasteiger partial charge in [-0.3, -0.25) is 0 Å². The first-order valence-electron chi connectivity index (χ1n) is 6.49. The molecule has 0 saturated heterocycles. The SMILES string of the molecule is COCCNCCc1nnc(-c2ccc(C)c(Br)c2)s1. The summed E-state index contributed by atoms with van der Waals surface area (Å²) in [6.07, 6.45) is 0.897. The molecule has 0 amide bonds. The highest BCUT2D eigenvalue weighted by atomic mass is 79.9. The van der Waals surface area contributed by atoms with Crippen molar-refractivity contribution < 1.29 is 4.74 Å². The number of hydrogen-bond acceptors (Lipinski definition) is 5. The van der Waals surface area contributed by atoms with Crippen molar-refractivity contribution in [3.05, 3.63) is 33.2 Å². The van der Waals surface area contributed by atoms with Gasteiger partial charge >= 0.3 is 0 Å². The van der Waals surface area contributed by atoms with Gasteiger partial charge in [0.25, 0.3) is 0 Å². The van der Waals surface area contributed by atoms with Crippen molar-refractivity contribution in [1.29, 1.82) is 0 Å². The van der Waals surface area contributed by atoms with E-state index in [4.69, 9.17) is 4.74 Å². The summed E-state index contributed by atoms with van der Waals surface area (Å²) in [5.74, 6) is 0. The van der Waals surface area contributed by atoms with Gasteiger partial charge in [0.2, 0.25) is 0 Å². The predicted molar refractivity (Wildman–Crippen MR) is 86.2 cm³/mol. The van der Waals surface area contributed by atoms with Gasteiger partial charge in [0.05, 0.1) is 6.61 Å². The summed E-state index contributed by atoms with van der Waals surface area (Å²) in [4.78, 5) is 0. The highest BCUT2D eigenvalue weighted by molar-refractivity contribution is 9.10. The number of halogens is 1. The van der Waals surface area contributed by atoms with E-state index < -0.39 is 0 Å². The maximum Gasteiger partial charge on any atom is 0.147 e. The number of aromatic nitrogens is 2. The van der Waals surface area contributed by atoms with Crippen LogP contribution in [0.2, 0.25) is 0 Å². The molecule has 1 aromatic carbocycles. The molecule has 2 aromatic rings. The molecule has 20 heavy (non-hydrogen) atoms. The largest absolute Gasteiger partial charge is 0.383 e. The van der Waals surface area contributed by atoms with Crippen molar-refractivity contribution in [2.75, 3.05) is 26.8 Å². The average Bonchev–Trinajstić information content (AvgIpc) is 2.90. The molecule has 6 heteroatoms. The normalized spacial score (nSPS) is 10.9. The number of benzene rings is 1. The molecule has 0 aliphatic heterocycles. The molecule has 1 aromatic heterocycles. The van der Waals surface area contributed by atoms with Crippen LogP contribution in [0.5, 0.6) is 0 Å². The number of ether oxygens (including phenoxy) is 1. The highest BCUT2D eigenvalue weighted by Gasteiger charge is 2.07. The van der Waals surface area contributed by atoms with E-state index in [1.807, 2.05) is 0 Å². The van der Waals surface area contributed by atoms with Crippen LogP contribution in [0.25, 0.3) is 10.6 Å². The molecule has 0 atom stereocenters. The van der Waals surface area contributed by atoms with Crippen LogP contribution in [-0.4, -0.2) is 37.0 Å². The molecule has 0 fully saturated rings. The van der Waals surface area contributed by atoms with Gasteiger partial charge < -0.3 is 10.1 Å². The lowest BCUT2D eigenvalue weighted by Gasteiger charge is -2.01. The Morgan fingerprint density at radius 2 is 2.15 bits per heavy atom. The third kappa shape index (κ3) is 4.34. The van der Waals surface area contributed by atoms with E-state index in [1.165, 1.54) is 5.56 Å². The van der Waals surface area contributed by atoms with Crippen LogP contribution in [0.15, 0.2) is 22.7 Å². The lowest BCUT2D eigenvalue weighted by Crippen LogP contribution is -2.21. The van der Waals surface area contributed by atoms with Crippen LogP contribution in [0.3, 0.4) is 0 Å². The summed E-state index contributed by atoms with van der Waals surface area (Å²) in [5, 5.41) is 13.8. The van der Waals surface area contributed by atoms with Crippen LogP contribution in [0.1, 0.15) is 10.6 Å².